The maximum Gasteiger partial charge on any atom is 0.417 e. The fourth-order valence-corrected chi connectivity index (χ4v) is 3.08. The highest BCUT2D eigenvalue weighted by Crippen LogP contribution is 2.35. The van der Waals surface area contributed by atoms with E-state index in [4.69, 9.17) is 4.42 Å². The van der Waals surface area contributed by atoms with Gasteiger partial charge in [0.15, 0.2) is 5.58 Å². The largest absolute Gasteiger partial charge is 0.417 e. The summed E-state index contributed by atoms with van der Waals surface area (Å²) in [7, 11) is 0. The Morgan fingerprint density at radius 1 is 1.30 bits per heavy atom. The van der Waals surface area contributed by atoms with Gasteiger partial charge < -0.3 is 9.73 Å². The molecule has 5 nitrogen and oxygen atoms in total. The van der Waals surface area contributed by atoms with Gasteiger partial charge >= 0.3 is 11.9 Å². The van der Waals surface area contributed by atoms with Crippen LogP contribution in [0.2, 0.25) is 0 Å². The fourth-order valence-electron chi connectivity index (χ4n) is 3.08. The van der Waals surface area contributed by atoms with E-state index in [1.54, 1.807) is 0 Å². The molecule has 23 heavy (non-hydrogen) atoms. The molecular weight excluding hydrogens is 313 g/mol. The van der Waals surface area contributed by atoms with Crippen LogP contribution in [-0.4, -0.2) is 23.1 Å². The van der Waals surface area contributed by atoms with Crippen LogP contribution in [0.4, 0.5) is 13.2 Å². The molecule has 1 fully saturated rings. The van der Waals surface area contributed by atoms with Gasteiger partial charge in [-0.15, -0.1) is 0 Å². The van der Waals surface area contributed by atoms with Crippen LogP contribution in [-0.2, 0) is 0 Å². The Morgan fingerprint density at radius 2 is 2.00 bits per heavy atom. The molecule has 8 heteroatoms. The summed E-state index contributed by atoms with van der Waals surface area (Å²) >= 11 is 0. The van der Waals surface area contributed by atoms with E-state index in [-0.39, 0.29) is 16.7 Å². The second-order valence-corrected chi connectivity index (χ2v) is 5.76. The van der Waals surface area contributed by atoms with Crippen molar-refractivity contribution < 1.29 is 22.4 Å². The van der Waals surface area contributed by atoms with Gasteiger partial charge in [-0.1, -0.05) is 12.8 Å². The van der Waals surface area contributed by atoms with Crippen LogP contribution in [0.5, 0.6) is 0 Å². The van der Waals surface area contributed by atoms with Crippen LogP contribution < -0.4 is 11.1 Å². The molecule has 0 bridgehead atoms. The van der Waals surface area contributed by atoms with Crippen molar-refractivity contribution in [3.63, 3.8) is 0 Å². The normalized spacial score (nSPS) is 17.5. The number of aromatic amines is 1. The number of rotatable bonds is 3. The summed E-state index contributed by atoms with van der Waals surface area (Å²) in [5.74, 6) is -2.09. The van der Waals surface area contributed by atoms with Crippen LogP contribution in [0.1, 0.15) is 36.0 Å². The van der Waals surface area contributed by atoms with Gasteiger partial charge in [0.1, 0.15) is 6.04 Å². The molecule has 1 aliphatic carbocycles. The zero-order chi connectivity index (χ0) is 16.6. The van der Waals surface area contributed by atoms with Crippen molar-refractivity contribution in [1.82, 2.24) is 10.3 Å². The third kappa shape index (κ3) is 3.25. The molecule has 1 atom stereocenters. The Kier molecular flexibility index (Phi) is 3.91. The Morgan fingerprint density at radius 3 is 2.65 bits per heavy atom. The van der Waals surface area contributed by atoms with Crippen LogP contribution in [0.15, 0.2) is 27.4 Å². The summed E-state index contributed by atoms with van der Waals surface area (Å²) < 4.78 is 44.5. The van der Waals surface area contributed by atoms with Gasteiger partial charge in [0.25, 0.3) is 5.91 Å². The van der Waals surface area contributed by atoms with Crippen LogP contribution in [0, 0.1) is 5.92 Å². The highest BCUT2D eigenvalue weighted by atomic mass is 19.4. The summed E-state index contributed by atoms with van der Waals surface area (Å²) in [6, 6.07) is 2.16. The van der Waals surface area contributed by atoms with Crippen LogP contribution >= 0.6 is 0 Å². The van der Waals surface area contributed by atoms with E-state index in [1.165, 1.54) is 18.2 Å². The van der Waals surface area contributed by atoms with Gasteiger partial charge in [0.2, 0.25) is 0 Å². The van der Waals surface area contributed by atoms with Gasteiger partial charge in [0, 0.05) is 5.56 Å². The average Bonchev–Trinajstić information content (AvgIpc) is 3.10. The molecule has 1 amide bonds. The molecule has 2 N–H and O–H groups in total. The molecule has 0 saturated heterocycles. The van der Waals surface area contributed by atoms with Gasteiger partial charge in [-0.2, -0.15) is 13.2 Å². The third-order valence-electron chi connectivity index (χ3n) is 4.19. The zero-order valence-electron chi connectivity index (χ0n) is 12.1. The lowest BCUT2D eigenvalue weighted by molar-refractivity contribution is -0.164. The number of alkyl halides is 3. The second-order valence-electron chi connectivity index (χ2n) is 5.76. The molecule has 1 saturated carbocycles. The molecule has 3 rings (SSSR count). The first-order chi connectivity index (χ1) is 10.8. The third-order valence-corrected chi connectivity index (χ3v) is 4.19. The lowest BCUT2D eigenvalue weighted by Crippen LogP contribution is -2.49. The quantitative estimate of drug-likeness (QED) is 0.909. The van der Waals surface area contributed by atoms with Gasteiger partial charge in [0.05, 0.1) is 5.52 Å². The number of H-pyrrole nitrogens is 1. The van der Waals surface area contributed by atoms with Crippen molar-refractivity contribution in [2.45, 2.75) is 37.9 Å². The van der Waals surface area contributed by atoms with Gasteiger partial charge in [-0.3, -0.25) is 9.78 Å². The summed E-state index contributed by atoms with van der Waals surface area (Å²) in [4.78, 5) is 25.6. The topological polar surface area (TPSA) is 75.1 Å². The minimum Gasteiger partial charge on any atom is -0.408 e. The number of benzene rings is 1. The van der Waals surface area contributed by atoms with E-state index in [2.05, 4.69) is 10.3 Å². The minimum atomic E-state index is -4.49. The number of oxazole rings is 1. The molecule has 1 aromatic carbocycles. The monoisotopic (exact) mass is 328 g/mol. The van der Waals surface area contributed by atoms with Crippen molar-refractivity contribution in [2.24, 2.45) is 5.92 Å². The van der Waals surface area contributed by atoms with E-state index >= 15 is 0 Å². The highest BCUT2D eigenvalue weighted by molar-refractivity contribution is 5.97. The maximum atomic E-state index is 13.2. The predicted octanol–water partition coefficient (Wildman–Crippen LogP) is 2.97. The molecule has 0 aliphatic heterocycles. The second kappa shape index (κ2) is 5.75. The average molecular weight is 328 g/mol. The number of halogens is 3. The molecule has 0 radical (unpaired) electrons. The number of aromatic nitrogens is 1. The predicted molar refractivity (Wildman–Crippen MR) is 76.1 cm³/mol. The van der Waals surface area contributed by atoms with Crippen molar-refractivity contribution in [2.75, 3.05) is 0 Å². The molecule has 2 aromatic rings. The number of hydrogen-bond donors (Lipinski definition) is 2. The van der Waals surface area contributed by atoms with Crippen LogP contribution in [0.3, 0.4) is 0 Å². The molecule has 1 heterocycles. The van der Waals surface area contributed by atoms with E-state index in [0.29, 0.717) is 12.8 Å². The first kappa shape index (κ1) is 15.6. The summed E-state index contributed by atoms with van der Waals surface area (Å²) in [6.45, 7) is 0. The molecule has 124 valence electrons. The van der Waals surface area contributed by atoms with E-state index in [1.807, 2.05) is 0 Å². The highest BCUT2D eigenvalue weighted by Gasteiger charge is 2.46. The van der Waals surface area contributed by atoms with Crippen molar-refractivity contribution >= 4 is 17.0 Å². The number of carbonyl (C=O) groups excluding carboxylic acids is 1. The maximum absolute atomic E-state index is 13.2. The molecule has 1 aliphatic rings. The Labute approximate surface area is 128 Å². The molecule has 0 unspecified atom stereocenters. The first-order valence-electron chi connectivity index (χ1n) is 7.35. The number of hydrogen-bond acceptors (Lipinski definition) is 3. The van der Waals surface area contributed by atoms with Crippen molar-refractivity contribution in [1.29, 1.82) is 0 Å². The summed E-state index contributed by atoms with van der Waals surface area (Å²) in [5.41, 5.74) is 0.559. The van der Waals surface area contributed by atoms with Crippen LogP contribution in [0.25, 0.3) is 11.1 Å². The standard InChI is InChI=1S/C15H15F3N2O3/c16-15(17,18)12(8-3-1-2-4-8)20-13(21)9-5-6-11-10(7-9)19-14(22)23-11/h5-8,12H,1-4H2,(H,19,22)(H,20,21)/t12-/m0/s1. The molecular formula is C15H15F3N2O3. The van der Waals surface area contributed by atoms with Gasteiger partial charge in [-0.05, 0) is 37.0 Å². The van der Waals surface area contributed by atoms with E-state index in [9.17, 15) is 22.8 Å². The number of amides is 1. The Hall–Kier alpha value is -2.25. The zero-order valence-corrected chi connectivity index (χ0v) is 12.1. The first-order valence-corrected chi connectivity index (χ1v) is 7.35. The lowest BCUT2D eigenvalue weighted by Gasteiger charge is -2.27. The minimum absolute atomic E-state index is 0.0433. The number of nitrogens with one attached hydrogen (secondary N) is 2. The Balaban J connectivity index is 1.83. The van der Waals surface area contributed by atoms with E-state index in [0.717, 1.165) is 12.8 Å². The summed E-state index contributed by atoms with van der Waals surface area (Å²) in [6.07, 6.45) is -2.08. The summed E-state index contributed by atoms with van der Waals surface area (Å²) in [5, 5.41) is 2.10. The molecule has 0 spiro atoms. The SMILES string of the molecule is O=C(N[C@@H](C1CCCC1)C(F)(F)F)c1ccc2oc(=O)[nH]c2c1. The van der Waals surface area contributed by atoms with Gasteiger partial charge in [-0.25, -0.2) is 4.79 Å². The van der Waals surface area contributed by atoms with Crippen molar-refractivity contribution in [3.05, 3.63) is 34.3 Å². The Bertz CT molecular complexity index is 772. The smallest absolute Gasteiger partial charge is 0.408 e. The fraction of sp³-hybridized carbons (Fsp3) is 0.467. The van der Waals surface area contributed by atoms with Crippen molar-refractivity contribution in [3.8, 4) is 0 Å². The molecule has 1 aromatic heterocycles. The number of carbonyl (C=O) groups is 1. The number of fused-ring (bicyclic) bond motifs is 1. The lowest BCUT2D eigenvalue weighted by atomic mass is 9.97. The van der Waals surface area contributed by atoms with E-state index < -0.39 is 29.8 Å².